The van der Waals surface area contributed by atoms with Gasteiger partial charge in [-0.2, -0.15) is 0 Å². The second-order valence-electron chi connectivity index (χ2n) is 6.31. The van der Waals surface area contributed by atoms with Gasteiger partial charge in [-0.1, -0.05) is 6.92 Å². The summed E-state index contributed by atoms with van der Waals surface area (Å²) in [4.78, 5) is 6.86. The fourth-order valence-electron chi connectivity index (χ4n) is 3.05. The third kappa shape index (κ3) is 4.75. The Morgan fingerprint density at radius 1 is 1.52 bits per heavy atom. The lowest BCUT2D eigenvalue weighted by atomic mass is 10.2. The molecule has 1 fully saturated rings. The fourth-order valence-corrected chi connectivity index (χ4v) is 5.61. The standard InChI is InChI=1S/C15H22N4O3S3/c1-3-5-18(13-4-6-25(20,21)9-13)10-19-15(23)22-14(17-19)7-12-8-24-11(2)16-12/h8,13H,3-7,9-10H2,1-2H3/t13-/m0/s1. The van der Waals surface area contributed by atoms with E-state index < -0.39 is 9.84 Å². The Morgan fingerprint density at radius 2 is 2.32 bits per heavy atom. The summed E-state index contributed by atoms with van der Waals surface area (Å²) in [5.74, 6) is 1.01. The van der Waals surface area contributed by atoms with Crippen molar-refractivity contribution >= 4 is 33.4 Å². The molecule has 3 heterocycles. The highest BCUT2D eigenvalue weighted by molar-refractivity contribution is 7.91. The molecular weight excluding hydrogens is 380 g/mol. The molecule has 10 heteroatoms. The van der Waals surface area contributed by atoms with Gasteiger partial charge in [0.1, 0.15) is 0 Å². The van der Waals surface area contributed by atoms with Gasteiger partial charge in [-0.3, -0.25) is 4.90 Å². The number of hydrogen-bond acceptors (Lipinski definition) is 8. The zero-order chi connectivity index (χ0) is 18.0. The van der Waals surface area contributed by atoms with Crippen molar-refractivity contribution in [3.8, 4) is 0 Å². The summed E-state index contributed by atoms with van der Waals surface area (Å²) in [5, 5.41) is 7.45. The number of nitrogens with zero attached hydrogens (tertiary/aromatic N) is 4. The van der Waals surface area contributed by atoms with E-state index in [2.05, 4.69) is 21.9 Å². The minimum atomic E-state index is -2.92. The summed E-state index contributed by atoms with van der Waals surface area (Å²) in [5.41, 5.74) is 0.915. The first-order chi connectivity index (χ1) is 11.9. The lowest BCUT2D eigenvalue weighted by Crippen LogP contribution is -2.38. The van der Waals surface area contributed by atoms with E-state index in [4.69, 9.17) is 16.6 Å². The molecule has 0 amide bonds. The van der Waals surface area contributed by atoms with Gasteiger partial charge < -0.3 is 4.42 Å². The van der Waals surface area contributed by atoms with Gasteiger partial charge in [0.15, 0.2) is 9.84 Å². The number of hydrogen-bond donors (Lipinski definition) is 0. The summed E-state index contributed by atoms with van der Waals surface area (Å²) < 4.78 is 30.8. The molecule has 0 aliphatic carbocycles. The van der Waals surface area contributed by atoms with Gasteiger partial charge >= 0.3 is 0 Å². The first kappa shape index (κ1) is 18.7. The van der Waals surface area contributed by atoms with Gasteiger partial charge in [-0.25, -0.2) is 18.1 Å². The van der Waals surface area contributed by atoms with E-state index in [1.807, 2.05) is 12.3 Å². The summed E-state index contributed by atoms with van der Waals surface area (Å²) in [6, 6.07) is 0.0215. The van der Waals surface area contributed by atoms with Crippen LogP contribution >= 0.6 is 23.6 Å². The van der Waals surface area contributed by atoms with Crippen LogP contribution in [0.5, 0.6) is 0 Å². The number of aryl methyl sites for hydroxylation is 1. The Labute approximate surface area is 156 Å². The van der Waals surface area contributed by atoms with E-state index in [-0.39, 0.29) is 17.5 Å². The van der Waals surface area contributed by atoms with Crippen LogP contribution in [0.3, 0.4) is 0 Å². The van der Waals surface area contributed by atoms with E-state index in [1.165, 1.54) is 0 Å². The summed E-state index contributed by atoms with van der Waals surface area (Å²) >= 11 is 6.88. The molecule has 0 bridgehead atoms. The van der Waals surface area contributed by atoms with E-state index in [1.54, 1.807) is 16.0 Å². The van der Waals surface area contributed by atoms with E-state index >= 15 is 0 Å². The van der Waals surface area contributed by atoms with Crippen LogP contribution in [0.25, 0.3) is 0 Å². The zero-order valence-corrected chi connectivity index (χ0v) is 16.8. The highest BCUT2D eigenvalue weighted by Crippen LogP contribution is 2.19. The molecule has 25 heavy (non-hydrogen) atoms. The molecule has 0 aromatic carbocycles. The van der Waals surface area contributed by atoms with Gasteiger partial charge in [0.2, 0.25) is 5.89 Å². The average molecular weight is 403 g/mol. The van der Waals surface area contributed by atoms with Crippen LogP contribution in [0.15, 0.2) is 9.80 Å². The van der Waals surface area contributed by atoms with Crippen LogP contribution in [0.2, 0.25) is 0 Å². The largest absolute Gasteiger partial charge is 0.414 e. The van der Waals surface area contributed by atoms with Crippen LogP contribution < -0.4 is 0 Å². The molecule has 138 valence electrons. The van der Waals surface area contributed by atoms with Crippen molar-refractivity contribution in [2.24, 2.45) is 0 Å². The number of rotatable bonds is 7. The monoisotopic (exact) mass is 402 g/mol. The Hall–Kier alpha value is -1.10. The van der Waals surface area contributed by atoms with Crippen LogP contribution in [0.4, 0.5) is 0 Å². The topological polar surface area (TPSA) is 81.2 Å². The quantitative estimate of drug-likeness (QED) is 0.658. The molecule has 0 N–H and O–H groups in total. The third-order valence-electron chi connectivity index (χ3n) is 4.20. The van der Waals surface area contributed by atoms with Crippen LogP contribution in [-0.2, 0) is 22.9 Å². The van der Waals surface area contributed by atoms with Gasteiger partial charge in [0.05, 0.1) is 35.3 Å². The Bertz CT molecular complexity index is 884. The molecule has 3 rings (SSSR count). The van der Waals surface area contributed by atoms with Crippen molar-refractivity contribution in [2.45, 2.75) is 45.8 Å². The molecule has 1 atom stereocenters. The molecule has 0 radical (unpaired) electrons. The summed E-state index contributed by atoms with van der Waals surface area (Å²) in [6.07, 6.45) is 2.11. The van der Waals surface area contributed by atoms with Crippen molar-refractivity contribution in [1.29, 1.82) is 0 Å². The second kappa shape index (κ2) is 7.65. The number of aromatic nitrogens is 3. The number of sulfone groups is 1. The maximum absolute atomic E-state index is 11.8. The second-order valence-corrected chi connectivity index (χ2v) is 9.95. The highest BCUT2D eigenvalue weighted by atomic mass is 32.2. The normalized spacial score (nSPS) is 19.7. The van der Waals surface area contributed by atoms with Crippen molar-refractivity contribution in [3.63, 3.8) is 0 Å². The molecule has 2 aromatic rings. The predicted molar refractivity (Wildman–Crippen MR) is 99.0 cm³/mol. The van der Waals surface area contributed by atoms with Gasteiger partial charge in [-0.05, 0) is 38.5 Å². The minimum Gasteiger partial charge on any atom is -0.414 e. The Balaban J connectivity index is 1.73. The van der Waals surface area contributed by atoms with Crippen molar-refractivity contribution < 1.29 is 12.8 Å². The van der Waals surface area contributed by atoms with Gasteiger partial charge in [0.25, 0.3) is 4.84 Å². The molecule has 1 aliphatic heterocycles. The molecule has 0 unspecified atom stereocenters. The minimum absolute atomic E-state index is 0.0215. The zero-order valence-electron chi connectivity index (χ0n) is 14.3. The maximum Gasteiger partial charge on any atom is 0.288 e. The predicted octanol–water partition coefficient (Wildman–Crippen LogP) is 2.42. The molecule has 1 saturated heterocycles. The maximum atomic E-state index is 11.8. The van der Waals surface area contributed by atoms with Gasteiger partial charge in [0, 0.05) is 11.4 Å². The van der Waals surface area contributed by atoms with Crippen LogP contribution in [0, 0.1) is 11.8 Å². The Kier molecular flexibility index (Phi) is 5.71. The van der Waals surface area contributed by atoms with E-state index in [9.17, 15) is 8.42 Å². The third-order valence-corrected chi connectivity index (χ3v) is 7.07. The lowest BCUT2D eigenvalue weighted by Gasteiger charge is -2.26. The first-order valence-electron chi connectivity index (χ1n) is 8.28. The summed E-state index contributed by atoms with van der Waals surface area (Å²) in [6.45, 7) is 5.29. The van der Waals surface area contributed by atoms with Crippen molar-refractivity contribution in [2.75, 3.05) is 18.1 Å². The fraction of sp³-hybridized carbons (Fsp3) is 0.667. The highest BCUT2D eigenvalue weighted by Gasteiger charge is 2.32. The van der Waals surface area contributed by atoms with Crippen molar-refractivity contribution in [1.82, 2.24) is 19.7 Å². The molecule has 2 aromatic heterocycles. The van der Waals surface area contributed by atoms with Crippen LogP contribution in [0.1, 0.15) is 36.4 Å². The molecule has 0 saturated carbocycles. The van der Waals surface area contributed by atoms with E-state index in [0.29, 0.717) is 30.2 Å². The van der Waals surface area contributed by atoms with Crippen molar-refractivity contribution in [3.05, 3.63) is 26.8 Å². The first-order valence-corrected chi connectivity index (χ1v) is 11.4. The summed E-state index contributed by atoms with van der Waals surface area (Å²) in [7, 11) is -2.92. The van der Waals surface area contributed by atoms with E-state index in [0.717, 1.165) is 23.7 Å². The Morgan fingerprint density at radius 3 is 2.92 bits per heavy atom. The molecular formula is C15H22N4O3S3. The lowest BCUT2D eigenvalue weighted by molar-refractivity contribution is 0.153. The van der Waals surface area contributed by atoms with Crippen LogP contribution in [-0.4, -0.2) is 52.2 Å². The molecule has 1 aliphatic rings. The van der Waals surface area contributed by atoms with Gasteiger partial charge in [-0.15, -0.1) is 16.4 Å². The number of thiazole rings is 1. The average Bonchev–Trinajstić information content (AvgIpc) is 3.19. The SMILES string of the molecule is CCCN(Cn1nc(Cc2csc(C)n2)oc1=S)[C@H]1CCS(=O)(=O)C1. The molecule has 7 nitrogen and oxygen atoms in total. The smallest absolute Gasteiger partial charge is 0.288 e. The molecule has 0 spiro atoms.